The van der Waals surface area contributed by atoms with Crippen molar-refractivity contribution in [2.75, 3.05) is 13.1 Å². The normalized spacial score (nSPS) is 26.9. The van der Waals surface area contributed by atoms with Crippen molar-refractivity contribution >= 4 is 47.0 Å². The molecule has 2 aliphatic heterocycles. The fraction of sp³-hybridized carbons (Fsp3) is 1.00. The van der Waals surface area contributed by atoms with E-state index in [1.807, 2.05) is 0 Å². The van der Waals surface area contributed by atoms with Crippen molar-refractivity contribution in [2.45, 2.75) is 226 Å². The van der Waals surface area contributed by atoms with Crippen LogP contribution in [0.1, 0.15) is 196 Å². The van der Waals surface area contributed by atoms with E-state index < -0.39 is 0 Å². The molecule has 2 fully saturated rings. The Balaban J connectivity index is 2.24. The molecule has 0 spiro atoms. The third-order valence-electron chi connectivity index (χ3n) is 9.64. The van der Waals surface area contributed by atoms with Crippen LogP contribution in [0, 0.1) is 0 Å². The minimum atomic E-state index is 0.727. The second-order valence-corrected chi connectivity index (χ2v) is 19.8. The molecule has 262 valence electrons. The van der Waals surface area contributed by atoms with Gasteiger partial charge in [-0.2, -0.15) is 0 Å². The summed E-state index contributed by atoms with van der Waals surface area (Å²) in [6.07, 6.45) is 33.4. The summed E-state index contributed by atoms with van der Waals surface area (Å²) in [5, 5.41) is 2.91. The van der Waals surface area contributed by atoms with Gasteiger partial charge < -0.3 is 0 Å². The Labute approximate surface area is 294 Å². The van der Waals surface area contributed by atoms with Crippen LogP contribution in [-0.4, -0.2) is 53.5 Å². The average Bonchev–Trinajstić information content (AvgIpc) is 3.02. The topological polar surface area (TPSA) is 6.48 Å². The first-order valence-electron chi connectivity index (χ1n) is 19.7. The van der Waals surface area contributed by atoms with Crippen molar-refractivity contribution in [1.29, 1.82) is 0 Å². The molecule has 0 aliphatic carbocycles. The first kappa shape index (κ1) is 41.5. The van der Waals surface area contributed by atoms with Crippen molar-refractivity contribution in [3.8, 4) is 0 Å². The van der Waals surface area contributed by atoms with Crippen LogP contribution in [-0.2, 0) is 0 Å². The number of hydrogen-bond donors (Lipinski definition) is 0. The summed E-state index contributed by atoms with van der Waals surface area (Å²) in [6, 6.07) is 0. The molecular formula is C38H76N2S4. The summed E-state index contributed by atoms with van der Waals surface area (Å²) in [5.41, 5.74) is 0. The zero-order chi connectivity index (χ0) is 31.8. The minimum absolute atomic E-state index is 0.727. The van der Waals surface area contributed by atoms with E-state index in [2.05, 4.69) is 98.4 Å². The molecule has 0 bridgehead atoms. The predicted octanol–water partition coefficient (Wildman–Crippen LogP) is 14.0. The van der Waals surface area contributed by atoms with Gasteiger partial charge in [0.25, 0.3) is 0 Å². The third-order valence-corrected chi connectivity index (χ3v) is 16.4. The zero-order valence-corrected chi connectivity index (χ0v) is 33.6. The Bertz CT molecular complexity index is 558. The van der Waals surface area contributed by atoms with Gasteiger partial charge in [-0.3, -0.25) is 9.80 Å². The fourth-order valence-electron chi connectivity index (χ4n) is 6.86. The first-order chi connectivity index (χ1) is 21.6. The summed E-state index contributed by atoms with van der Waals surface area (Å²) < 4.78 is 1.62. The molecule has 0 saturated carbocycles. The molecule has 0 N–H and O–H groups in total. The van der Waals surface area contributed by atoms with Gasteiger partial charge in [-0.1, -0.05) is 157 Å². The smallest absolute Gasteiger partial charge is 0.0578 e. The van der Waals surface area contributed by atoms with E-state index in [9.17, 15) is 0 Å². The third kappa shape index (κ3) is 16.6. The molecule has 0 aromatic heterocycles. The van der Waals surface area contributed by atoms with Crippen LogP contribution in [0.5, 0.6) is 0 Å². The van der Waals surface area contributed by atoms with E-state index in [1.165, 1.54) is 167 Å². The Hall–Kier alpha value is 1.32. The molecule has 6 heteroatoms. The highest BCUT2D eigenvalue weighted by molar-refractivity contribution is 8.18. The van der Waals surface area contributed by atoms with Gasteiger partial charge in [0.05, 0.1) is 30.7 Å². The van der Waals surface area contributed by atoms with E-state index in [0.29, 0.717) is 0 Å². The van der Waals surface area contributed by atoms with E-state index in [0.717, 1.165) is 30.7 Å². The Kier molecular flexibility index (Phi) is 25.6. The predicted molar refractivity (Wildman–Crippen MR) is 211 cm³/mol. The highest BCUT2D eigenvalue weighted by Crippen LogP contribution is 2.48. The molecule has 4 atom stereocenters. The van der Waals surface area contributed by atoms with Crippen LogP contribution in [0.2, 0.25) is 0 Å². The maximum absolute atomic E-state index is 3.06. The molecule has 2 heterocycles. The second kappa shape index (κ2) is 27.2. The highest BCUT2D eigenvalue weighted by Gasteiger charge is 2.39. The second-order valence-electron chi connectivity index (χ2n) is 13.7. The lowest BCUT2D eigenvalue weighted by molar-refractivity contribution is 0.149. The lowest BCUT2D eigenvalue weighted by atomic mass is 10.1. The largest absolute Gasteiger partial charge is 0.278 e. The SMILES string of the molecule is CCCCCC1SC(CCCCC)N(CCN2C(CCCCC)SC(CCCCC)SC2CCCCC)C(CCCCC)S1. The molecule has 0 amide bonds. The van der Waals surface area contributed by atoms with Crippen LogP contribution in [0.3, 0.4) is 0 Å². The van der Waals surface area contributed by atoms with Gasteiger partial charge in [0.1, 0.15) is 0 Å². The zero-order valence-electron chi connectivity index (χ0n) is 30.4. The van der Waals surface area contributed by atoms with E-state index in [4.69, 9.17) is 0 Å². The Morgan fingerprint density at radius 2 is 0.545 bits per heavy atom. The molecule has 0 aromatic carbocycles. The van der Waals surface area contributed by atoms with Crippen molar-refractivity contribution in [1.82, 2.24) is 9.80 Å². The first-order valence-corrected chi connectivity index (χ1v) is 23.5. The van der Waals surface area contributed by atoms with Crippen LogP contribution in [0.15, 0.2) is 0 Å². The molecule has 44 heavy (non-hydrogen) atoms. The summed E-state index contributed by atoms with van der Waals surface area (Å²) in [5.74, 6) is 0. The molecule has 0 aromatic rings. The molecule has 2 saturated heterocycles. The van der Waals surface area contributed by atoms with Gasteiger partial charge in [0.2, 0.25) is 0 Å². The van der Waals surface area contributed by atoms with Gasteiger partial charge in [-0.15, -0.1) is 47.0 Å². The van der Waals surface area contributed by atoms with Crippen LogP contribution in [0.25, 0.3) is 0 Å². The number of hydrogen-bond acceptors (Lipinski definition) is 6. The minimum Gasteiger partial charge on any atom is -0.278 e. The van der Waals surface area contributed by atoms with Crippen molar-refractivity contribution in [3.05, 3.63) is 0 Å². The summed E-state index contributed by atoms with van der Waals surface area (Å²) in [7, 11) is 0. The van der Waals surface area contributed by atoms with Gasteiger partial charge in [-0.05, 0) is 38.5 Å². The van der Waals surface area contributed by atoms with Gasteiger partial charge in [-0.25, -0.2) is 0 Å². The van der Waals surface area contributed by atoms with Crippen LogP contribution < -0.4 is 0 Å². The molecule has 2 nitrogen and oxygen atoms in total. The van der Waals surface area contributed by atoms with Crippen LogP contribution >= 0.6 is 47.0 Å². The Morgan fingerprint density at radius 3 is 0.773 bits per heavy atom. The van der Waals surface area contributed by atoms with E-state index in [1.54, 1.807) is 0 Å². The van der Waals surface area contributed by atoms with Gasteiger partial charge in [0.15, 0.2) is 0 Å². The molecule has 2 rings (SSSR count). The lowest BCUT2D eigenvalue weighted by Gasteiger charge is -2.48. The highest BCUT2D eigenvalue weighted by atomic mass is 32.2. The van der Waals surface area contributed by atoms with Crippen molar-refractivity contribution in [3.63, 3.8) is 0 Å². The number of unbranched alkanes of at least 4 members (excludes halogenated alkanes) is 12. The molecule has 4 unspecified atom stereocenters. The van der Waals surface area contributed by atoms with E-state index in [-0.39, 0.29) is 0 Å². The van der Waals surface area contributed by atoms with Crippen molar-refractivity contribution in [2.24, 2.45) is 0 Å². The summed E-state index contributed by atoms with van der Waals surface area (Å²) >= 11 is 9.51. The van der Waals surface area contributed by atoms with Crippen molar-refractivity contribution < 1.29 is 0 Å². The molecular weight excluding hydrogens is 613 g/mol. The summed E-state index contributed by atoms with van der Waals surface area (Å²) in [6.45, 7) is 16.8. The standard InChI is InChI=1S/C38H76N2S4/c1-7-13-19-25-33-39(34(26-20-14-8-2)42-37(41-33)29-23-17-11-5)31-32-40-35(27-21-15-9-3)43-38(30-24-18-12-6)44-36(40)28-22-16-10-4/h33-38H,7-32H2,1-6H3. The van der Waals surface area contributed by atoms with Crippen LogP contribution in [0.4, 0.5) is 0 Å². The maximum Gasteiger partial charge on any atom is 0.0578 e. The molecule has 2 aliphatic rings. The quantitative estimate of drug-likeness (QED) is 0.0787. The number of rotatable bonds is 27. The summed E-state index contributed by atoms with van der Waals surface area (Å²) in [4.78, 5) is 6.12. The van der Waals surface area contributed by atoms with Gasteiger partial charge >= 0.3 is 0 Å². The number of nitrogens with zero attached hydrogens (tertiary/aromatic N) is 2. The number of thioether (sulfide) groups is 4. The van der Waals surface area contributed by atoms with E-state index >= 15 is 0 Å². The lowest BCUT2D eigenvalue weighted by Crippen LogP contribution is -2.52. The molecule has 0 radical (unpaired) electrons. The monoisotopic (exact) mass is 688 g/mol. The average molecular weight is 689 g/mol. The fourth-order valence-corrected chi connectivity index (χ4v) is 14.5. The maximum atomic E-state index is 3.06. The Morgan fingerprint density at radius 1 is 0.318 bits per heavy atom. The van der Waals surface area contributed by atoms with Gasteiger partial charge in [0, 0.05) is 13.1 Å².